The molecule has 3 rings (SSSR count). The van der Waals surface area contributed by atoms with E-state index < -0.39 is 0 Å². The molecule has 8 nitrogen and oxygen atoms in total. The fourth-order valence-corrected chi connectivity index (χ4v) is 3.94. The molecule has 0 spiro atoms. The molecular weight excluding hydrogens is 414 g/mol. The molecule has 8 heteroatoms. The van der Waals surface area contributed by atoms with E-state index in [0.29, 0.717) is 35.1 Å². The van der Waals surface area contributed by atoms with E-state index in [1.165, 1.54) is 0 Å². The van der Waals surface area contributed by atoms with Crippen LogP contribution in [0, 0.1) is 23.7 Å². The van der Waals surface area contributed by atoms with Crippen molar-refractivity contribution < 1.29 is 4.79 Å². The highest BCUT2D eigenvalue weighted by Gasteiger charge is 2.23. The molecule has 1 aliphatic rings. The SMILES string of the molecule is CCC(=O)c1ccc(C)c(Nc2nc(N(C)CC(C)(C)C)nc(N[C@@H]3CCNC3)c2C#N)c1. The van der Waals surface area contributed by atoms with Crippen LogP contribution in [0.3, 0.4) is 0 Å². The second-order valence-electron chi connectivity index (χ2n) is 9.89. The van der Waals surface area contributed by atoms with Crippen LogP contribution in [-0.4, -0.2) is 48.5 Å². The zero-order valence-corrected chi connectivity index (χ0v) is 20.5. The van der Waals surface area contributed by atoms with Crippen LogP contribution in [0.1, 0.15) is 62.0 Å². The van der Waals surface area contributed by atoms with Gasteiger partial charge in [0, 0.05) is 43.9 Å². The Morgan fingerprint density at radius 1 is 1.30 bits per heavy atom. The molecule has 0 aliphatic carbocycles. The number of benzene rings is 1. The van der Waals surface area contributed by atoms with Gasteiger partial charge in [0.05, 0.1) is 0 Å². The van der Waals surface area contributed by atoms with E-state index in [1.54, 1.807) is 0 Å². The van der Waals surface area contributed by atoms with Crippen LogP contribution >= 0.6 is 0 Å². The summed E-state index contributed by atoms with van der Waals surface area (Å²) in [7, 11) is 1.96. The molecule has 0 radical (unpaired) electrons. The molecule has 1 atom stereocenters. The first-order valence-corrected chi connectivity index (χ1v) is 11.5. The number of hydrogen-bond acceptors (Lipinski definition) is 8. The van der Waals surface area contributed by atoms with Crippen molar-refractivity contribution >= 4 is 29.1 Å². The molecule has 1 aromatic heterocycles. The van der Waals surface area contributed by atoms with Crippen LogP contribution in [0.15, 0.2) is 18.2 Å². The molecule has 1 saturated heterocycles. The fraction of sp³-hybridized carbons (Fsp3) is 0.520. The van der Waals surface area contributed by atoms with Gasteiger partial charge < -0.3 is 20.9 Å². The smallest absolute Gasteiger partial charge is 0.229 e. The van der Waals surface area contributed by atoms with E-state index in [4.69, 9.17) is 9.97 Å². The highest BCUT2D eigenvalue weighted by atomic mass is 16.1. The van der Waals surface area contributed by atoms with E-state index >= 15 is 0 Å². The van der Waals surface area contributed by atoms with Gasteiger partial charge in [-0.3, -0.25) is 4.79 Å². The lowest BCUT2D eigenvalue weighted by atomic mass is 9.96. The Morgan fingerprint density at radius 3 is 2.64 bits per heavy atom. The van der Waals surface area contributed by atoms with Gasteiger partial charge in [-0.1, -0.05) is 39.8 Å². The second kappa shape index (κ2) is 10.2. The maximum atomic E-state index is 12.2. The summed E-state index contributed by atoms with van der Waals surface area (Å²) in [5, 5.41) is 20.1. The molecule has 0 amide bonds. The lowest BCUT2D eigenvalue weighted by molar-refractivity contribution is 0.0988. The topological polar surface area (TPSA) is 106 Å². The van der Waals surface area contributed by atoms with E-state index in [0.717, 1.165) is 37.3 Å². The highest BCUT2D eigenvalue weighted by Crippen LogP contribution is 2.30. The van der Waals surface area contributed by atoms with Crippen LogP contribution in [0.5, 0.6) is 0 Å². The maximum Gasteiger partial charge on any atom is 0.229 e. The van der Waals surface area contributed by atoms with Gasteiger partial charge in [0.15, 0.2) is 17.4 Å². The number of aromatic nitrogens is 2. The van der Waals surface area contributed by atoms with Gasteiger partial charge in [0.25, 0.3) is 0 Å². The molecule has 1 aliphatic heterocycles. The van der Waals surface area contributed by atoms with Crippen molar-refractivity contribution in [2.24, 2.45) is 5.41 Å². The summed E-state index contributed by atoms with van der Waals surface area (Å²) >= 11 is 0. The summed E-state index contributed by atoms with van der Waals surface area (Å²) in [6.07, 6.45) is 1.40. The number of aryl methyl sites for hydroxylation is 1. The Kier molecular flexibility index (Phi) is 7.54. The number of carbonyl (C=O) groups is 1. The molecular formula is C25H35N7O. The van der Waals surface area contributed by atoms with Crippen molar-refractivity contribution in [3.05, 3.63) is 34.9 Å². The van der Waals surface area contributed by atoms with Crippen LogP contribution in [0.25, 0.3) is 0 Å². The zero-order chi connectivity index (χ0) is 24.2. The summed E-state index contributed by atoms with van der Waals surface area (Å²) in [6, 6.07) is 8.06. The van der Waals surface area contributed by atoms with Crippen molar-refractivity contribution in [1.82, 2.24) is 15.3 Å². The van der Waals surface area contributed by atoms with Crippen LogP contribution in [0.4, 0.5) is 23.3 Å². The first kappa shape index (κ1) is 24.5. The van der Waals surface area contributed by atoms with Crippen molar-refractivity contribution in [3.8, 4) is 6.07 Å². The first-order chi connectivity index (χ1) is 15.6. The predicted octanol–water partition coefficient (Wildman–Crippen LogP) is 4.25. The number of anilines is 4. The Bertz CT molecular complexity index is 1050. The van der Waals surface area contributed by atoms with E-state index in [2.05, 4.69) is 42.8 Å². The normalized spacial score (nSPS) is 15.7. The molecule has 0 saturated carbocycles. The Labute approximate surface area is 196 Å². The monoisotopic (exact) mass is 449 g/mol. The predicted molar refractivity (Wildman–Crippen MR) is 133 cm³/mol. The largest absolute Gasteiger partial charge is 0.365 e. The minimum absolute atomic E-state index is 0.0496. The number of hydrogen-bond donors (Lipinski definition) is 3. The van der Waals surface area contributed by atoms with Crippen molar-refractivity contribution in [2.75, 3.05) is 42.2 Å². The molecule has 3 N–H and O–H groups in total. The average Bonchev–Trinajstić information content (AvgIpc) is 3.26. The minimum atomic E-state index is 0.0496. The standard InChI is InChI=1S/C25H35N7O/c1-7-21(33)17-9-8-16(2)20(12-17)29-23-19(13-26)22(28-18-10-11-27-14-18)30-24(31-23)32(6)15-25(3,4)5/h8-9,12,18,27H,7,10-11,14-15H2,1-6H3,(H2,28,29,30,31)/t18-/m1/s1. The zero-order valence-electron chi connectivity index (χ0n) is 20.5. The van der Waals surface area contributed by atoms with Gasteiger partial charge in [0.1, 0.15) is 11.6 Å². The number of nitrogens with one attached hydrogen (secondary N) is 3. The van der Waals surface area contributed by atoms with Gasteiger partial charge in [-0.05, 0) is 36.9 Å². The van der Waals surface area contributed by atoms with E-state index in [1.807, 2.05) is 44.0 Å². The molecule has 1 fully saturated rings. The fourth-order valence-electron chi connectivity index (χ4n) is 3.94. The average molecular weight is 450 g/mol. The first-order valence-electron chi connectivity index (χ1n) is 11.5. The summed E-state index contributed by atoms with van der Waals surface area (Å²) < 4.78 is 0. The lowest BCUT2D eigenvalue weighted by Gasteiger charge is -2.28. The number of rotatable bonds is 8. The summed E-state index contributed by atoms with van der Waals surface area (Å²) in [4.78, 5) is 23.7. The Balaban J connectivity index is 2.06. The van der Waals surface area contributed by atoms with Crippen LogP contribution in [0.2, 0.25) is 0 Å². The van der Waals surface area contributed by atoms with E-state index in [-0.39, 0.29) is 17.2 Å². The number of nitrogens with zero attached hydrogens (tertiary/aromatic N) is 4. The third kappa shape index (κ3) is 6.20. The molecule has 2 aromatic rings. The molecule has 2 heterocycles. The number of ketones is 1. The lowest BCUT2D eigenvalue weighted by Crippen LogP contribution is -2.31. The summed E-state index contributed by atoms with van der Waals surface area (Å²) in [5.74, 6) is 1.57. The quantitative estimate of drug-likeness (QED) is 0.514. The van der Waals surface area contributed by atoms with Crippen molar-refractivity contribution in [3.63, 3.8) is 0 Å². The summed E-state index contributed by atoms with van der Waals surface area (Å²) in [6.45, 7) is 12.8. The van der Waals surface area contributed by atoms with Gasteiger partial charge >= 0.3 is 0 Å². The third-order valence-electron chi connectivity index (χ3n) is 5.60. The maximum absolute atomic E-state index is 12.2. The van der Waals surface area contributed by atoms with Crippen molar-refractivity contribution in [2.45, 2.75) is 53.5 Å². The number of nitriles is 1. The Hall–Kier alpha value is -3.18. The molecule has 0 bridgehead atoms. The molecule has 1 aromatic carbocycles. The molecule has 0 unspecified atom stereocenters. The van der Waals surface area contributed by atoms with E-state index in [9.17, 15) is 10.1 Å². The van der Waals surface area contributed by atoms with Gasteiger partial charge in [-0.25, -0.2) is 0 Å². The van der Waals surface area contributed by atoms with Crippen LogP contribution < -0.4 is 20.9 Å². The second-order valence-corrected chi connectivity index (χ2v) is 9.89. The number of carbonyl (C=O) groups excluding carboxylic acids is 1. The van der Waals surface area contributed by atoms with Crippen LogP contribution in [-0.2, 0) is 0 Å². The van der Waals surface area contributed by atoms with Gasteiger partial charge in [-0.2, -0.15) is 15.2 Å². The Morgan fingerprint density at radius 2 is 2.03 bits per heavy atom. The number of Topliss-reactive ketones (excluding diaryl/α,β-unsaturated/α-hetero) is 1. The molecule has 33 heavy (non-hydrogen) atoms. The molecule has 176 valence electrons. The third-order valence-corrected chi connectivity index (χ3v) is 5.60. The highest BCUT2D eigenvalue weighted by molar-refractivity contribution is 5.97. The summed E-state index contributed by atoms with van der Waals surface area (Å²) in [5.41, 5.74) is 2.76. The minimum Gasteiger partial charge on any atom is -0.365 e. The van der Waals surface area contributed by atoms with Gasteiger partial charge in [0.2, 0.25) is 5.95 Å². The van der Waals surface area contributed by atoms with Gasteiger partial charge in [-0.15, -0.1) is 0 Å². The van der Waals surface area contributed by atoms with Crippen molar-refractivity contribution in [1.29, 1.82) is 5.26 Å².